The third-order valence-corrected chi connectivity index (χ3v) is 5.72. The van der Waals surface area contributed by atoms with Gasteiger partial charge < -0.3 is 14.2 Å². The summed E-state index contributed by atoms with van der Waals surface area (Å²) in [6, 6.07) is 7.83. The molecule has 4 rings (SSSR count). The molecule has 1 aliphatic rings. The van der Waals surface area contributed by atoms with E-state index in [-0.39, 0.29) is 18.1 Å². The monoisotopic (exact) mass is 453 g/mol. The average molecular weight is 454 g/mol. The number of hydrogen-bond acceptors (Lipinski definition) is 5. The van der Waals surface area contributed by atoms with Gasteiger partial charge in [-0.15, -0.1) is 0 Å². The second-order valence-electron chi connectivity index (χ2n) is 7.18. The number of carbonyl (C=O) groups is 1. The lowest BCUT2D eigenvalue weighted by atomic mass is 10.1. The molecule has 0 aliphatic carbocycles. The molecule has 1 fully saturated rings. The van der Waals surface area contributed by atoms with E-state index in [0.717, 1.165) is 15.9 Å². The van der Waals surface area contributed by atoms with Gasteiger partial charge in [0.1, 0.15) is 6.54 Å². The minimum atomic E-state index is -4.66. The predicted molar refractivity (Wildman–Crippen MR) is 108 cm³/mol. The Labute approximate surface area is 181 Å². The number of nitrogens with zero attached hydrogens (tertiary/aromatic N) is 5. The van der Waals surface area contributed by atoms with Crippen molar-refractivity contribution in [3.05, 3.63) is 53.3 Å². The number of alkyl halides is 3. The van der Waals surface area contributed by atoms with E-state index in [4.69, 9.17) is 16.0 Å². The molecule has 0 saturated carbocycles. The number of amides is 1. The van der Waals surface area contributed by atoms with E-state index in [1.165, 1.54) is 13.3 Å². The van der Waals surface area contributed by atoms with E-state index < -0.39 is 16.9 Å². The highest BCUT2D eigenvalue weighted by molar-refractivity contribution is 6.32. The first-order chi connectivity index (χ1) is 14.7. The molecule has 2 aromatic heterocycles. The number of hydrogen-bond donors (Lipinski definition) is 0. The maximum absolute atomic E-state index is 13.0. The predicted octanol–water partition coefficient (Wildman–Crippen LogP) is 3.87. The van der Waals surface area contributed by atoms with E-state index in [2.05, 4.69) is 15.0 Å². The molecule has 3 aromatic rings. The second-order valence-corrected chi connectivity index (χ2v) is 7.56. The summed E-state index contributed by atoms with van der Waals surface area (Å²) in [6.45, 7) is 3.28. The van der Waals surface area contributed by atoms with Gasteiger partial charge in [0.25, 0.3) is 0 Å². The molecule has 0 radical (unpaired) electrons. The lowest BCUT2D eigenvalue weighted by Gasteiger charge is -2.36. The van der Waals surface area contributed by atoms with Crippen molar-refractivity contribution in [1.29, 1.82) is 0 Å². The van der Waals surface area contributed by atoms with E-state index in [9.17, 15) is 18.0 Å². The largest absolute Gasteiger partial charge is 0.444 e. The summed E-state index contributed by atoms with van der Waals surface area (Å²) >= 11 is 5.75. The van der Waals surface area contributed by atoms with Crippen molar-refractivity contribution in [2.45, 2.75) is 19.6 Å². The van der Waals surface area contributed by atoms with Crippen LogP contribution < -0.4 is 4.90 Å². The highest BCUT2D eigenvalue weighted by atomic mass is 35.5. The number of rotatable bonds is 4. The molecule has 1 aliphatic heterocycles. The fraction of sp³-hybridized carbons (Fsp3) is 0.350. The summed E-state index contributed by atoms with van der Waals surface area (Å²) in [4.78, 5) is 20.3. The fourth-order valence-electron chi connectivity index (χ4n) is 3.50. The van der Waals surface area contributed by atoms with Gasteiger partial charge in [-0.05, 0) is 31.2 Å². The Morgan fingerprint density at radius 1 is 1.16 bits per heavy atom. The van der Waals surface area contributed by atoms with Gasteiger partial charge in [0.2, 0.25) is 5.91 Å². The molecule has 11 heteroatoms. The molecule has 0 spiro atoms. The van der Waals surface area contributed by atoms with Gasteiger partial charge in [-0.1, -0.05) is 11.6 Å². The zero-order valence-corrected chi connectivity index (χ0v) is 17.3. The Kier molecular flexibility index (Phi) is 5.65. The third-order valence-electron chi connectivity index (χ3n) is 5.27. The SMILES string of the molecule is Cc1c(Cl)c(C(F)(F)F)nn1CC(=O)N1CCN(c2ccc(-c3cnco3)cc2)CC1. The minimum Gasteiger partial charge on any atom is -0.444 e. The average Bonchev–Trinajstić information content (AvgIpc) is 3.38. The number of halogens is 4. The van der Waals surface area contributed by atoms with Crippen LogP contribution >= 0.6 is 11.6 Å². The topological polar surface area (TPSA) is 67.4 Å². The lowest BCUT2D eigenvalue weighted by molar-refractivity contribution is -0.142. The van der Waals surface area contributed by atoms with E-state index in [1.54, 1.807) is 11.1 Å². The molecule has 31 heavy (non-hydrogen) atoms. The van der Waals surface area contributed by atoms with Crippen molar-refractivity contribution in [2.75, 3.05) is 31.1 Å². The van der Waals surface area contributed by atoms with Crippen LogP contribution in [-0.4, -0.2) is 51.8 Å². The number of aromatic nitrogens is 3. The van der Waals surface area contributed by atoms with Crippen LogP contribution in [-0.2, 0) is 17.5 Å². The van der Waals surface area contributed by atoms with E-state index >= 15 is 0 Å². The van der Waals surface area contributed by atoms with Gasteiger partial charge in [-0.3, -0.25) is 9.48 Å². The van der Waals surface area contributed by atoms with Crippen molar-refractivity contribution in [2.24, 2.45) is 0 Å². The molecule has 0 atom stereocenters. The Morgan fingerprint density at radius 3 is 2.39 bits per heavy atom. The number of anilines is 1. The van der Waals surface area contributed by atoms with Crippen LogP contribution in [0.5, 0.6) is 0 Å². The Hall–Kier alpha value is -3.01. The Morgan fingerprint density at radius 2 is 1.84 bits per heavy atom. The van der Waals surface area contributed by atoms with Crippen molar-refractivity contribution in [3.63, 3.8) is 0 Å². The highest BCUT2D eigenvalue weighted by Gasteiger charge is 2.38. The van der Waals surface area contributed by atoms with Crippen molar-refractivity contribution >= 4 is 23.2 Å². The molecule has 0 unspecified atom stereocenters. The second kappa shape index (κ2) is 8.26. The van der Waals surface area contributed by atoms with Crippen LogP contribution in [0.15, 0.2) is 41.3 Å². The Balaban J connectivity index is 1.36. The Bertz CT molecular complexity index is 1060. The van der Waals surface area contributed by atoms with Crippen LogP contribution in [0.25, 0.3) is 11.3 Å². The van der Waals surface area contributed by atoms with Gasteiger partial charge in [-0.25, -0.2) is 4.98 Å². The maximum Gasteiger partial charge on any atom is 0.436 e. The molecule has 1 aromatic carbocycles. The summed E-state index contributed by atoms with van der Waals surface area (Å²) in [6.07, 6.45) is -1.64. The van der Waals surface area contributed by atoms with Crippen LogP contribution in [0.2, 0.25) is 5.02 Å². The quantitative estimate of drug-likeness (QED) is 0.600. The fourth-order valence-corrected chi connectivity index (χ4v) is 3.74. The molecule has 7 nitrogen and oxygen atoms in total. The van der Waals surface area contributed by atoms with Crippen LogP contribution in [0, 0.1) is 6.92 Å². The van der Waals surface area contributed by atoms with Gasteiger partial charge in [0.05, 0.1) is 16.9 Å². The van der Waals surface area contributed by atoms with Crippen molar-refractivity contribution in [1.82, 2.24) is 19.7 Å². The van der Waals surface area contributed by atoms with Crippen LogP contribution in [0.3, 0.4) is 0 Å². The summed E-state index contributed by atoms with van der Waals surface area (Å²) in [5.74, 6) is 0.390. The summed E-state index contributed by atoms with van der Waals surface area (Å²) in [7, 11) is 0. The zero-order chi connectivity index (χ0) is 22.2. The summed E-state index contributed by atoms with van der Waals surface area (Å²) in [5, 5.41) is 3.02. The van der Waals surface area contributed by atoms with Crippen LogP contribution in [0.4, 0.5) is 18.9 Å². The number of benzene rings is 1. The molecule has 3 heterocycles. The third kappa shape index (κ3) is 4.39. The minimum absolute atomic E-state index is 0.118. The normalized spacial score (nSPS) is 14.9. The number of oxazole rings is 1. The van der Waals surface area contributed by atoms with Crippen molar-refractivity contribution in [3.8, 4) is 11.3 Å². The lowest BCUT2D eigenvalue weighted by Crippen LogP contribution is -2.49. The molecular formula is C20H19ClF3N5O2. The summed E-state index contributed by atoms with van der Waals surface area (Å²) in [5.41, 5.74) is 0.882. The molecule has 1 amide bonds. The van der Waals surface area contributed by atoms with Gasteiger partial charge >= 0.3 is 6.18 Å². The standard InChI is InChI=1S/C20H19ClF3N5O2/c1-13-18(21)19(20(22,23)24)26-29(13)11-17(30)28-8-6-27(7-9-28)15-4-2-14(3-5-15)16-10-25-12-31-16/h2-5,10,12H,6-9,11H2,1H3. The maximum atomic E-state index is 13.0. The van der Waals surface area contributed by atoms with Crippen LogP contribution in [0.1, 0.15) is 11.4 Å². The highest BCUT2D eigenvalue weighted by Crippen LogP contribution is 2.35. The smallest absolute Gasteiger partial charge is 0.436 e. The summed E-state index contributed by atoms with van der Waals surface area (Å²) < 4.78 is 45.2. The van der Waals surface area contributed by atoms with Gasteiger partial charge in [0, 0.05) is 37.4 Å². The first kappa shape index (κ1) is 21.2. The molecule has 0 N–H and O–H groups in total. The molecule has 0 bridgehead atoms. The molecule has 164 valence electrons. The van der Waals surface area contributed by atoms with Gasteiger partial charge in [0.15, 0.2) is 17.8 Å². The van der Waals surface area contributed by atoms with E-state index in [1.807, 2.05) is 24.3 Å². The zero-order valence-electron chi connectivity index (χ0n) is 16.6. The number of carbonyl (C=O) groups excluding carboxylic acids is 1. The molecular weight excluding hydrogens is 435 g/mol. The van der Waals surface area contributed by atoms with Crippen molar-refractivity contribution < 1.29 is 22.4 Å². The first-order valence-electron chi connectivity index (χ1n) is 9.56. The van der Waals surface area contributed by atoms with E-state index in [0.29, 0.717) is 31.9 Å². The van der Waals surface area contributed by atoms with Gasteiger partial charge in [-0.2, -0.15) is 18.3 Å². The molecule has 1 saturated heterocycles. The first-order valence-corrected chi connectivity index (χ1v) is 9.93. The number of piperazine rings is 1.